The number of hydrogen-bond acceptors (Lipinski definition) is 1. The molecule has 0 heterocycles. The smallest absolute Gasteiger partial charge is 0.315 e. The van der Waals surface area contributed by atoms with Crippen LogP contribution in [0.15, 0.2) is 0 Å². The summed E-state index contributed by atoms with van der Waals surface area (Å²) in [6, 6.07) is -0.164. The van der Waals surface area contributed by atoms with E-state index < -0.39 is 0 Å². The fourth-order valence-corrected chi connectivity index (χ4v) is 1.37. The Morgan fingerprint density at radius 1 is 1.40 bits per heavy atom. The highest BCUT2D eigenvalue weighted by molar-refractivity contribution is 5.74. The predicted octanol–water partition coefficient (Wildman–Crippen LogP) is 2.14. The first-order valence-corrected chi connectivity index (χ1v) is 5.69. The maximum atomic E-state index is 11.2. The molecule has 0 aliphatic carbocycles. The van der Waals surface area contributed by atoms with E-state index in [0.717, 1.165) is 13.0 Å². The van der Waals surface area contributed by atoms with E-state index in [1.54, 1.807) is 0 Å². The molecule has 2 N–H and O–H groups in total. The zero-order valence-electron chi connectivity index (χ0n) is 9.81. The maximum Gasteiger partial charge on any atom is 0.315 e. The molecule has 86 valence electrons. The molecule has 0 saturated carbocycles. The number of carbonyl (C=O) groups is 1. The molecule has 0 spiro atoms. The van der Waals surface area contributed by atoms with Crippen molar-refractivity contribution in [1.82, 2.24) is 10.6 Å². The van der Waals surface area contributed by atoms with Crippen molar-refractivity contribution in [2.75, 3.05) is 13.1 Å². The van der Waals surface area contributed by atoms with Crippen molar-refractivity contribution in [3.63, 3.8) is 0 Å². The lowest BCUT2D eigenvalue weighted by atomic mass is 9.99. The summed E-state index contributed by atoms with van der Waals surface area (Å²) in [6.07, 6.45) is 9.76. The van der Waals surface area contributed by atoms with Gasteiger partial charge in [-0.25, -0.2) is 4.79 Å². The summed E-state index contributed by atoms with van der Waals surface area (Å²) in [5, 5.41) is 5.41. The molecule has 0 aliphatic heterocycles. The van der Waals surface area contributed by atoms with Crippen molar-refractivity contribution >= 4 is 6.03 Å². The topological polar surface area (TPSA) is 41.1 Å². The molecular formula is C12H22N2O. The van der Waals surface area contributed by atoms with Crippen LogP contribution in [0.3, 0.4) is 0 Å². The van der Waals surface area contributed by atoms with Gasteiger partial charge in [0.1, 0.15) is 0 Å². The van der Waals surface area contributed by atoms with Gasteiger partial charge in [-0.3, -0.25) is 0 Å². The van der Waals surface area contributed by atoms with Crippen LogP contribution in [0.2, 0.25) is 0 Å². The molecular weight excluding hydrogens is 188 g/mol. The lowest BCUT2D eigenvalue weighted by Gasteiger charge is -2.15. The van der Waals surface area contributed by atoms with Crippen molar-refractivity contribution in [3.05, 3.63) is 0 Å². The van der Waals surface area contributed by atoms with Crippen LogP contribution in [-0.4, -0.2) is 19.1 Å². The number of unbranched alkanes of at least 4 members (excludes halogenated alkanes) is 1. The minimum absolute atomic E-state index is 0.164. The Labute approximate surface area is 93.0 Å². The molecule has 0 fully saturated rings. The number of nitrogens with one attached hydrogen (secondary N) is 2. The second-order valence-corrected chi connectivity index (χ2v) is 3.68. The highest BCUT2D eigenvalue weighted by Crippen LogP contribution is 2.10. The zero-order chi connectivity index (χ0) is 11.5. The van der Waals surface area contributed by atoms with Crippen LogP contribution in [0.5, 0.6) is 0 Å². The SMILES string of the molecule is C#CCNC(=O)NC[C@@H](CC)CCCC. The molecule has 0 bridgehead atoms. The van der Waals surface area contributed by atoms with E-state index in [1.807, 2.05) is 0 Å². The zero-order valence-corrected chi connectivity index (χ0v) is 9.81. The van der Waals surface area contributed by atoms with Gasteiger partial charge in [-0.2, -0.15) is 0 Å². The van der Waals surface area contributed by atoms with Gasteiger partial charge in [0, 0.05) is 6.54 Å². The monoisotopic (exact) mass is 210 g/mol. The van der Waals surface area contributed by atoms with Crippen LogP contribution in [0.25, 0.3) is 0 Å². The third-order valence-corrected chi connectivity index (χ3v) is 2.45. The van der Waals surface area contributed by atoms with Crippen LogP contribution < -0.4 is 10.6 Å². The van der Waals surface area contributed by atoms with Gasteiger partial charge in [-0.1, -0.05) is 39.0 Å². The summed E-state index contributed by atoms with van der Waals surface area (Å²) in [6.45, 7) is 5.37. The van der Waals surface area contributed by atoms with Crippen molar-refractivity contribution in [2.45, 2.75) is 39.5 Å². The Balaban J connectivity index is 3.61. The van der Waals surface area contributed by atoms with Crippen molar-refractivity contribution < 1.29 is 4.79 Å². The Hall–Kier alpha value is -1.17. The Kier molecular flexibility index (Phi) is 8.66. The first kappa shape index (κ1) is 13.8. The summed E-state index contributed by atoms with van der Waals surface area (Å²) in [7, 11) is 0. The van der Waals surface area contributed by atoms with Gasteiger partial charge in [0.25, 0.3) is 0 Å². The number of hydrogen-bond donors (Lipinski definition) is 2. The number of urea groups is 1. The number of amides is 2. The molecule has 0 aromatic heterocycles. The fraction of sp³-hybridized carbons (Fsp3) is 0.750. The van der Waals surface area contributed by atoms with E-state index in [9.17, 15) is 4.79 Å². The van der Waals surface area contributed by atoms with Gasteiger partial charge >= 0.3 is 6.03 Å². The molecule has 3 heteroatoms. The van der Waals surface area contributed by atoms with Gasteiger partial charge in [-0.15, -0.1) is 6.42 Å². The Morgan fingerprint density at radius 2 is 2.13 bits per heavy atom. The molecule has 0 saturated heterocycles. The summed E-state index contributed by atoms with van der Waals surface area (Å²) in [5.74, 6) is 2.95. The first-order valence-electron chi connectivity index (χ1n) is 5.69. The van der Waals surface area contributed by atoms with Crippen molar-refractivity contribution in [1.29, 1.82) is 0 Å². The molecule has 0 unspecified atom stereocenters. The van der Waals surface area contributed by atoms with E-state index >= 15 is 0 Å². The quantitative estimate of drug-likeness (QED) is 0.621. The van der Waals surface area contributed by atoms with Crippen LogP contribution >= 0.6 is 0 Å². The van der Waals surface area contributed by atoms with Crippen molar-refractivity contribution in [2.24, 2.45) is 5.92 Å². The van der Waals surface area contributed by atoms with Gasteiger partial charge in [-0.05, 0) is 12.3 Å². The third-order valence-electron chi connectivity index (χ3n) is 2.45. The lowest BCUT2D eigenvalue weighted by molar-refractivity contribution is 0.239. The molecule has 2 amide bonds. The van der Waals surface area contributed by atoms with Crippen molar-refractivity contribution in [3.8, 4) is 12.3 Å². The molecule has 15 heavy (non-hydrogen) atoms. The average Bonchev–Trinajstić information content (AvgIpc) is 2.26. The van der Waals surface area contributed by atoms with Gasteiger partial charge in [0.2, 0.25) is 0 Å². The number of rotatable bonds is 7. The van der Waals surface area contributed by atoms with E-state index in [2.05, 4.69) is 30.4 Å². The lowest BCUT2D eigenvalue weighted by Crippen LogP contribution is -2.38. The third kappa shape index (κ3) is 7.87. The molecule has 0 aromatic rings. The summed E-state index contributed by atoms with van der Waals surface area (Å²) < 4.78 is 0. The van der Waals surface area contributed by atoms with Crippen LogP contribution in [0, 0.1) is 18.3 Å². The molecule has 1 atom stereocenters. The van der Waals surface area contributed by atoms with Crippen LogP contribution in [0.1, 0.15) is 39.5 Å². The Bertz CT molecular complexity index is 208. The van der Waals surface area contributed by atoms with E-state index in [-0.39, 0.29) is 12.6 Å². The highest BCUT2D eigenvalue weighted by atomic mass is 16.2. The normalized spacial score (nSPS) is 11.5. The molecule has 0 radical (unpaired) electrons. The molecule has 3 nitrogen and oxygen atoms in total. The number of carbonyl (C=O) groups excluding carboxylic acids is 1. The summed E-state index contributed by atoms with van der Waals surface area (Å²) >= 11 is 0. The van der Waals surface area contributed by atoms with Crippen LogP contribution in [0.4, 0.5) is 4.79 Å². The Morgan fingerprint density at radius 3 is 2.67 bits per heavy atom. The second kappa shape index (κ2) is 9.39. The largest absolute Gasteiger partial charge is 0.338 e. The minimum Gasteiger partial charge on any atom is -0.338 e. The van der Waals surface area contributed by atoms with Crippen LogP contribution in [-0.2, 0) is 0 Å². The summed E-state index contributed by atoms with van der Waals surface area (Å²) in [5.41, 5.74) is 0. The van der Waals surface area contributed by atoms with Gasteiger partial charge < -0.3 is 10.6 Å². The first-order chi connectivity index (χ1) is 7.24. The highest BCUT2D eigenvalue weighted by Gasteiger charge is 2.07. The van der Waals surface area contributed by atoms with Gasteiger partial charge in [0.15, 0.2) is 0 Å². The number of terminal acetylenes is 1. The average molecular weight is 210 g/mol. The second-order valence-electron chi connectivity index (χ2n) is 3.68. The maximum absolute atomic E-state index is 11.2. The van der Waals surface area contributed by atoms with E-state index in [0.29, 0.717) is 5.92 Å². The standard InChI is InChI=1S/C12H22N2O/c1-4-7-8-11(6-3)10-14-12(15)13-9-5-2/h2,11H,4,6-10H2,1,3H3,(H2,13,14,15)/t11-/m0/s1. The fourth-order valence-electron chi connectivity index (χ4n) is 1.37. The van der Waals surface area contributed by atoms with E-state index in [1.165, 1.54) is 19.3 Å². The van der Waals surface area contributed by atoms with E-state index in [4.69, 9.17) is 6.42 Å². The summed E-state index contributed by atoms with van der Waals surface area (Å²) in [4.78, 5) is 11.2. The minimum atomic E-state index is -0.164. The molecule has 0 rings (SSSR count). The molecule has 0 aromatic carbocycles. The molecule has 0 aliphatic rings. The van der Waals surface area contributed by atoms with Gasteiger partial charge in [0.05, 0.1) is 6.54 Å². The predicted molar refractivity (Wildman–Crippen MR) is 63.5 cm³/mol.